The van der Waals surface area contributed by atoms with E-state index in [4.69, 9.17) is 0 Å². The lowest BCUT2D eigenvalue weighted by Crippen LogP contribution is -2.29. The summed E-state index contributed by atoms with van der Waals surface area (Å²) in [5.41, 5.74) is 3.53. The quantitative estimate of drug-likeness (QED) is 0.803. The molecular formula is C18H19NO2S. The van der Waals surface area contributed by atoms with Gasteiger partial charge in [-0.1, -0.05) is 51.1 Å². The average Bonchev–Trinajstić information content (AvgIpc) is 2.81. The van der Waals surface area contributed by atoms with Crippen LogP contribution in [0.5, 0.6) is 0 Å². The molecule has 1 atom stereocenters. The summed E-state index contributed by atoms with van der Waals surface area (Å²) >= 11 is 0. The molecule has 114 valence electrons. The average molecular weight is 313 g/mol. The number of nitrogens with zero attached hydrogens (tertiary/aromatic N) is 1. The van der Waals surface area contributed by atoms with Gasteiger partial charge in [0.15, 0.2) is 0 Å². The lowest BCUT2D eigenvalue weighted by atomic mass is 9.86. The molecule has 1 amide bonds. The Labute approximate surface area is 133 Å². The Hall–Kier alpha value is -1.94. The molecule has 0 saturated heterocycles. The van der Waals surface area contributed by atoms with Crippen molar-refractivity contribution in [2.45, 2.75) is 31.9 Å². The first-order valence-corrected chi connectivity index (χ1v) is 8.57. The zero-order valence-electron chi connectivity index (χ0n) is 13.0. The first kappa shape index (κ1) is 15.0. The molecule has 0 aliphatic carbocycles. The predicted molar refractivity (Wildman–Crippen MR) is 90.2 cm³/mol. The van der Waals surface area contributed by atoms with E-state index in [0.29, 0.717) is 11.3 Å². The van der Waals surface area contributed by atoms with Crippen molar-refractivity contribution in [1.29, 1.82) is 0 Å². The highest BCUT2D eigenvalue weighted by Gasteiger charge is 2.32. The van der Waals surface area contributed by atoms with Gasteiger partial charge in [0.1, 0.15) is 11.0 Å². The summed E-state index contributed by atoms with van der Waals surface area (Å²) in [6.07, 6.45) is 0. The molecule has 22 heavy (non-hydrogen) atoms. The van der Waals surface area contributed by atoms with Crippen molar-refractivity contribution >= 4 is 22.6 Å². The van der Waals surface area contributed by atoms with E-state index in [2.05, 4.69) is 26.8 Å². The third-order valence-electron chi connectivity index (χ3n) is 3.85. The van der Waals surface area contributed by atoms with Crippen LogP contribution in [0.4, 0.5) is 5.69 Å². The van der Waals surface area contributed by atoms with Gasteiger partial charge in [0.25, 0.3) is 5.91 Å². The van der Waals surface area contributed by atoms with Gasteiger partial charge in [0.2, 0.25) is 0 Å². The maximum Gasteiger partial charge on any atom is 0.270 e. The molecule has 3 nitrogen and oxygen atoms in total. The largest absolute Gasteiger partial charge is 0.270 e. The standard InChI is InChI=1S/C18H19NO2S/c1-18(2,3)15-9-10-16-14(11-15)12-22(21)19(16)17(20)13-7-5-4-6-8-13/h4-11H,12H2,1-3H3. The lowest BCUT2D eigenvalue weighted by molar-refractivity contribution is 0.101. The minimum absolute atomic E-state index is 0.0351. The van der Waals surface area contributed by atoms with Gasteiger partial charge < -0.3 is 0 Å². The van der Waals surface area contributed by atoms with Crippen molar-refractivity contribution in [2.75, 3.05) is 4.31 Å². The maximum atomic E-state index is 12.6. The number of rotatable bonds is 1. The Morgan fingerprint density at radius 2 is 1.77 bits per heavy atom. The normalized spacial score (nSPS) is 17.4. The van der Waals surface area contributed by atoms with Crippen LogP contribution in [0.2, 0.25) is 0 Å². The van der Waals surface area contributed by atoms with Crippen molar-refractivity contribution in [3.63, 3.8) is 0 Å². The summed E-state index contributed by atoms with van der Waals surface area (Å²) in [5, 5.41) is 0. The molecule has 1 heterocycles. The van der Waals surface area contributed by atoms with E-state index in [-0.39, 0.29) is 11.3 Å². The van der Waals surface area contributed by atoms with Crippen LogP contribution in [0.25, 0.3) is 0 Å². The second-order valence-electron chi connectivity index (χ2n) is 6.52. The zero-order chi connectivity index (χ0) is 15.9. The smallest absolute Gasteiger partial charge is 0.268 e. The van der Waals surface area contributed by atoms with Gasteiger partial charge in [-0.25, -0.2) is 8.51 Å². The van der Waals surface area contributed by atoms with Crippen LogP contribution in [0.1, 0.15) is 42.3 Å². The highest BCUT2D eigenvalue weighted by Crippen LogP contribution is 2.36. The van der Waals surface area contributed by atoms with E-state index in [1.54, 1.807) is 12.1 Å². The Morgan fingerprint density at radius 3 is 2.41 bits per heavy atom. The maximum absolute atomic E-state index is 12.6. The fraction of sp³-hybridized carbons (Fsp3) is 0.278. The summed E-state index contributed by atoms with van der Waals surface area (Å²) in [6.45, 7) is 6.44. The first-order valence-electron chi connectivity index (χ1n) is 7.29. The molecule has 2 aromatic carbocycles. The Bertz CT molecular complexity index is 747. The molecule has 1 aliphatic heterocycles. The molecular weight excluding hydrogens is 294 g/mol. The number of carbonyl (C=O) groups is 1. The molecule has 1 unspecified atom stereocenters. The summed E-state index contributed by atoms with van der Waals surface area (Å²) in [5.74, 6) is 0.193. The van der Waals surface area contributed by atoms with Gasteiger partial charge in [-0.3, -0.25) is 4.79 Å². The number of amides is 1. The van der Waals surface area contributed by atoms with Crippen molar-refractivity contribution < 1.29 is 9.00 Å². The molecule has 0 spiro atoms. The fourth-order valence-electron chi connectivity index (χ4n) is 2.57. The topological polar surface area (TPSA) is 37.4 Å². The van der Waals surface area contributed by atoms with Crippen LogP contribution in [-0.2, 0) is 22.2 Å². The summed E-state index contributed by atoms with van der Waals surface area (Å²) < 4.78 is 13.8. The molecule has 0 aromatic heterocycles. The Kier molecular flexibility index (Phi) is 3.65. The van der Waals surface area contributed by atoms with E-state index < -0.39 is 11.0 Å². The molecule has 0 fully saturated rings. The zero-order valence-corrected chi connectivity index (χ0v) is 13.8. The summed E-state index contributed by atoms with van der Waals surface area (Å²) in [4.78, 5) is 12.6. The third kappa shape index (κ3) is 2.59. The third-order valence-corrected chi connectivity index (χ3v) is 5.18. The second-order valence-corrected chi connectivity index (χ2v) is 7.82. The Balaban J connectivity index is 2.01. The first-order chi connectivity index (χ1) is 10.4. The van der Waals surface area contributed by atoms with Crippen molar-refractivity contribution in [3.05, 3.63) is 65.2 Å². The molecule has 3 rings (SSSR count). The van der Waals surface area contributed by atoms with Crippen LogP contribution < -0.4 is 4.31 Å². The molecule has 4 heteroatoms. The monoisotopic (exact) mass is 313 g/mol. The number of anilines is 1. The van der Waals surface area contributed by atoms with Gasteiger partial charge in [-0.2, -0.15) is 0 Å². The second kappa shape index (κ2) is 5.36. The highest BCUT2D eigenvalue weighted by molar-refractivity contribution is 7.87. The van der Waals surface area contributed by atoms with E-state index >= 15 is 0 Å². The van der Waals surface area contributed by atoms with Crippen LogP contribution in [-0.4, -0.2) is 10.1 Å². The van der Waals surface area contributed by atoms with Gasteiger partial charge in [-0.05, 0) is 34.7 Å². The molecule has 0 N–H and O–H groups in total. The number of hydrogen-bond acceptors (Lipinski definition) is 2. The summed E-state index contributed by atoms with van der Waals surface area (Å²) in [7, 11) is -1.34. The van der Waals surface area contributed by atoms with Gasteiger partial charge in [0.05, 0.1) is 11.4 Å². The van der Waals surface area contributed by atoms with Crippen molar-refractivity contribution in [2.24, 2.45) is 0 Å². The molecule has 2 aromatic rings. The van der Waals surface area contributed by atoms with Crippen LogP contribution >= 0.6 is 0 Å². The van der Waals surface area contributed by atoms with Crippen molar-refractivity contribution in [3.8, 4) is 0 Å². The molecule has 1 aliphatic rings. The number of carbonyl (C=O) groups excluding carboxylic acids is 1. The summed E-state index contributed by atoms with van der Waals surface area (Å²) in [6, 6.07) is 15.0. The lowest BCUT2D eigenvalue weighted by Gasteiger charge is -2.21. The SMILES string of the molecule is CC(C)(C)c1ccc2c(c1)CS(=O)N2C(=O)c1ccccc1. The van der Waals surface area contributed by atoms with Crippen molar-refractivity contribution in [1.82, 2.24) is 0 Å². The van der Waals surface area contributed by atoms with E-state index in [9.17, 15) is 9.00 Å². The van der Waals surface area contributed by atoms with Gasteiger partial charge in [-0.15, -0.1) is 0 Å². The van der Waals surface area contributed by atoms with E-state index in [0.717, 1.165) is 11.3 Å². The highest BCUT2D eigenvalue weighted by atomic mass is 32.2. The number of hydrogen-bond donors (Lipinski definition) is 0. The number of fused-ring (bicyclic) bond motifs is 1. The van der Waals surface area contributed by atoms with E-state index in [1.807, 2.05) is 30.3 Å². The van der Waals surface area contributed by atoms with E-state index in [1.165, 1.54) is 9.87 Å². The van der Waals surface area contributed by atoms with Crippen LogP contribution in [0.3, 0.4) is 0 Å². The Morgan fingerprint density at radius 1 is 1.09 bits per heavy atom. The van der Waals surface area contributed by atoms with Crippen LogP contribution in [0, 0.1) is 0 Å². The van der Waals surface area contributed by atoms with Crippen LogP contribution in [0.15, 0.2) is 48.5 Å². The minimum Gasteiger partial charge on any atom is -0.268 e. The molecule has 0 bridgehead atoms. The number of benzene rings is 2. The predicted octanol–water partition coefficient (Wildman–Crippen LogP) is 3.81. The molecule has 0 saturated carbocycles. The minimum atomic E-state index is -1.34. The fourth-order valence-corrected chi connectivity index (χ4v) is 3.89. The van der Waals surface area contributed by atoms with Gasteiger partial charge >= 0.3 is 0 Å². The van der Waals surface area contributed by atoms with Gasteiger partial charge in [0, 0.05) is 5.56 Å². The molecule has 0 radical (unpaired) electrons.